The third-order valence-electron chi connectivity index (χ3n) is 6.01. The smallest absolute Gasteiger partial charge is 0.306 e. The zero-order chi connectivity index (χ0) is 23.9. The third kappa shape index (κ3) is 4.45. The highest BCUT2D eigenvalue weighted by atomic mass is 19.3. The van der Waals surface area contributed by atoms with Gasteiger partial charge in [-0.2, -0.15) is 5.10 Å². The predicted molar refractivity (Wildman–Crippen MR) is 121 cm³/mol. The highest BCUT2D eigenvalue weighted by Gasteiger charge is 2.35. The lowest BCUT2D eigenvalue weighted by Gasteiger charge is -2.27. The molecule has 0 aliphatic heterocycles. The summed E-state index contributed by atoms with van der Waals surface area (Å²) in [6, 6.07) is 4.20. The first-order chi connectivity index (χ1) is 16.3. The first kappa shape index (κ1) is 21.9. The van der Waals surface area contributed by atoms with Crippen LogP contribution in [0.5, 0.6) is 0 Å². The number of nitrogens with zero attached hydrogens (tertiary/aromatic N) is 5. The lowest BCUT2D eigenvalue weighted by atomic mass is 9.84. The van der Waals surface area contributed by atoms with Gasteiger partial charge in [-0.25, -0.2) is 22.9 Å². The van der Waals surface area contributed by atoms with Crippen molar-refractivity contribution >= 4 is 28.4 Å². The number of rotatable bonds is 4. The van der Waals surface area contributed by atoms with Gasteiger partial charge in [0.1, 0.15) is 11.5 Å². The molecule has 1 aliphatic rings. The molecule has 8 nitrogen and oxygen atoms in total. The maximum atomic E-state index is 13.9. The van der Waals surface area contributed by atoms with Crippen molar-refractivity contribution in [3.63, 3.8) is 0 Å². The highest BCUT2D eigenvalue weighted by Crippen LogP contribution is 2.40. The number of hydrogen-bond acceptors (Lipinski definition) is 4. The molecule has 0 saturated heterocycles. The summed E-state index contributed by atoms with van der Waals surface area (Å²) in [5, 5.41) is 10.00. The molecule has 4 aromatic rings. The number of amides is 2. The summed E-state index contributed by atoms with van der Waals surface area (Å²) in [6.45, 7) is 0. The van der Waals surface area contributed by atoms with E-state index < -0.39 is 17.8 Å². The maximum Gasteiger partial charge on any atom is 0.323 e. The molecule has 176 valence electrons. The number of urea groups is 1. The average molecular weight is 469 g/mol. The average Bonchev–Trinajstić information content (AvgIpc) is 3.38. The quantitative estimate of drug-likeness (QED) is 0.428. The Bertz CT molecular complexity index is 1340. The van der Waals surface area contributed by atoms with Crippen molar-refractivity contribution in [3.8, 4) is 5.69 Å². The molecule has 1 aliphatic carbocycles. The summed E-state index contributed by atoms with van der Waals surface area (Å²) in [6.07, 6.45) is 8.17. The van der Waals surface area contributed by atoms with Crippen molar-refractivity contribution in [1.29, 1.82) is 0 Å². The molecule has 0 radical (unpaired) electrons. The molecule has 0 spiro atoms. The van der Waals surface area contributed by atoms with Crippen LogP contribution in [0.2, 0.25) is 0 Å². The van der Waals surface area contributed by atoms with Gasteiger partial charge in [0.25, 0.3) is 0 Å². The number of carbonyl (C=O) groups is 1. The molecule has 2 amide bonds. The molecule has 5 rings (SSSR count). The molecule has 1 saturated carbocycles. The number of nitrogens with one attached hydrogen (secondary N) is 2. The van der Waals surface area contributed by atoms with E-state index in [4.69, 9.17) is 0 Å². The highest BCUT2D eigenvalue weighted by molar-refractivity contribution is 6.05. The second-order valence-electron chi connectivity index (χ2n) is 8.49. The Kier molecular flexibility index (Phi) is 5.46. The van der Waals surface area contributed by atoms with E-state index >= 15 is 0 Å². The van der Waals surface area contributed by atoms with Crippen LogP contribution in [0.25, 0.3) is 16.7 Å². The molecule has 1 fully saturated rings. The van der Waals surface area contributed by atoms with Crippen molar-refractivity contribution in [3.05, 3.63) is 60.7 Å². The first-order valence-electron chi connectivity index (χ1n) is 10.8. The van der Waals surface area contributed by atoms with Crippen molar-refractivity contribution in [1.82, 2.24) is 24.3 Å². The Morgan fingerprint density at radius 2 is 1.88 bits per heavy atom. The summed E-state index contributed by atoms with van der Waals surface area (Å²) in [7, 11) is 1.78. The lowest BCUT2D eigenvalue weighted by molar-refractivity contribution is -0.0384. The first-order valence-corrected chi connectivity index (χ1v) is 10.8. The minimum atomic E-state index is -2.59. The zero-order valence-electron chi connectivity index (χ0n) is 18.3. The summed E-state index contributed by atoms with van der Waals surface area (Å²) in [5.41, 5.74) is 2.73. The van der Waals surface area contributed by atoms with Crippen molar-refractivity contribution in [2.45, 2.75) is 37.5 Å². The number of carbonyl (C=O) groups excluding carboxylic acids is 1. The summed E-state index contributed by atoms with van der Waals surface area (Å²) < 4.78 is 44.0. The monoisotopic (exact) mass is 469 g/mol. The van der Waals surface area contributed by atoms with E-state index in [1.807, 2.05) is 0 Å². The molecule has 34 heavy (non-hydrogen) atoms. The van der Waals surface area contributed by atoms with Gasteiger partial charge in [-0.3, -0.25) is 14.2 Å². The van der Waals surface area contributed by atoms with Crippen LogP contribution >= 0.6 is 0 Å². The van der Waals surface area contributed by atoms with Gasteiger partial charge in [0.2, 0.25) is 5.92 Å². The molecule has 4 heterocycles. The Morgan fingerprint density at radius 3 is 2.56 bits per heavy atom. The van der Waals surface area contributed by atoms with Crippen molar-refractivity contribution in [2.24, 2.45) is 7.05 Å². The Morgan fingerprint density at radius 1 is 1.09 bits per heavy atom. The van der Waals surface area contributed by atoms with Crippen molar-refractivity contribution < 1.29 is 18.0 Å². The van der Waals surface area contributed by atoms with E-state index in [0.29, 0.717) is 40.9 Å². The number of pyridine rings is 2. The van der Waals surface area contributed by atoms with Crippen molar-refractivity contribution in [2.75, 3.05) is 10.6 Å². The van der Waals surface area contributed by atoms with E-state index in [0.717, 1.165) is 11.9 Å². The van der Waals surface area contributed by atoms with Gasteiger partial charge >= 0.3 is 6.03 Å². The number of anilines is 2. The Balaban J connectivity index is 1.31. The van der Waals surface area contributed by atoms with Gasteiger partial charge in [0, 0.05) is 49.3 Å². The fourth-order valence-electron chi connectivity index (χ4n) is 4.25. The number of hydrogen-bond donors (Lipinski definition) is 2. The molecule has 0 bridgehead atoms. The second-order valence-corrected chi connectivity index (χ2v) is 8.49. The minimum Gasteiger partial charge on any atom is -0.306 e. The van der Waals surface area contributed by atoms with Gasteiger partial charge in [-0.05, 0) is 31.0 Å². The fraction of sp³-hybridized carbons (Fsp3) is 0.304. The number of alkyl halides is 2. The van der Waals surface area contributed by atoms with Crippen LogP contribution in [-0.4, -0.2) is 36.3 Å². The normalized spacial score (nSPS) is 16.0. The topological polar surface area (TPSA) is 89.7 Å². The molecule has 0 aromatic carbocycles. The zero-order valence-corrected chi connectivity index (χ0v) is 18.3. The Labute approximate surface area is 192 Å². The molecule has 11 heteroatoms. The summed E-state index contributed by atoms with van der Waals surface area (Å²) in [5.74, 6) is -3.13. The SMILES string of the molecule is Cn1cc(-n2cc(NC(=O)Nc3ccc(C4CCC(F)(F)CC4)nc3)c3cc(F)cnc32)cn1. The van der Waals surface area contributed by atoms with Crippen LogP contribution in [-0.2, 0) is 7.05 Å². The lowest BCUT2D eigenvalue weighted by Crippen LogP contribution is -2.24. The van der Waals surface area contributed by atoms with Crippen LogP contribution in [0.15, 0.2) is 49.2 Å². The standard InChI is InChI=1S/C23H22F3N7O/c1-32-12-17(11-29-32)33-13-20(18-8-15(24)9-28-21(18)33)31-22(34)30-16-2-3-19(27-10-16)14-4-6-23(25,26)7-5-14/h2-3,8-14H,4-7H2,1H3,(H2,30,31,34). The Hall–Kier alpha value is -3.89. The molecule has 2 N–H and O–H groups in total. The van der Waals surface area contributed by atoms with E-state index in [1.165, 1.54) is 12.3 Å². The number of halogens is 3. The third-order valence-corrected chi connectivity index (χ3v) is 6.01. The molecule has 0 atom stereocenters. The van der Waals surface area contributed by atoms with Gasteiger partial charge in [-0.1, -0.05) is 0 Å². The molecule has 0 unspecified atom stereocenters. The number of aryl methyl sites for hydroxylation is 1. The van der Waals surface area contributed by atoms with Gasteiger partial charge in [0.15, 0.2) is 0 Å². The van der Waals surface area contributed by atoms with Crippen LogP contribution in [0, 0.1) is 5.82 Å². The van der Waals surface area contributed by atoms with Crippen LogP contribution in [0.1, 0.15) is 37.3 Å². The molecular formula is C23H22F3N7O. The van der Waals surface area contributed by atoms with Gasteiger partial charge in [0.05, 0.1) is 35.7 Å². The molecule has 4 aromatic heterocycles. The van der Waals surface area contributed by atoms with Crippen LogP contribution in [0.4, 0.5) is 29.3 Å². The van der Waals surface area contributed by atoms with Gasteiger partial charge in [-0.15, -0.1) is 0 Å². The van der Waals surface area contributed by atoms with E-state index in [2.05, 4.69) is 25.7 Å². The summed E-state index contributed by atoms with van der Waals surface area (Å²) in [4.78, 5) is 21.2. The summed E-state index contributed by atoms with van der Waals surface area (Å²) >= 11 is 0. The number of fused-ring (bicyclic) bond motifs is 1. The van der Waals surface area contributed by atoms with Gasteiger partial charge < -0.3 is 10.6 Å². The minimum absolute atomic E-state index is 0.0106. The largest absolute Gasteiger partial charge is 0.323 e. The predicted octanol–water partition coefficient (Wildman–Crippen LogP) is 5.23. The van der Waals surface area contributed by atoms with E-state index in [1.54, 1.807) is 47.0 Å². The van der Waals surface area contributed by atoms with Crippen LogP contribution in [0.3, 0.4) is 0 Å². The number of aromatic nitrogens is 5. The fourth-order valence-corrected chi connectivity index (χ4v) is 4.25. The van der Waals surface area contributed by atoms with E-state index in [9.17, 15) is 18.0 Å². The molecular weight excluding hydrogens is 447 g/mol. The second kappa shape index (κ2) is 8.47. The van der Waals surface area contributed by atoms with Crippen LogP contribution < -0.4 is 10.6 Å². The maximum absolute atomic E-state index is 13.9. The van der Waals surface area contributed by atoms with E-state index in [-0.39, 0.29) is 18.8 Å².